The third kappa shape index (κ3) is 2.23. The van der Waals surface area contributed by atoms with Crippen LogP contribution >= 0.6 is 15.9 Å². The molecule has 2 aliphatic heterocycles. The van der Waals surface area contributed by atoms with Gasteiger partial charge in [0, 0.05) is 25.2 Å². The highest BCUT2D eigenvalue weighted by Crippen LogP contribution is 2.33. The second kappa shape index (κ2) is 4.62. The fraction of sp³-hybridized carbons (Fsp3) is 0.571. The zero-order chi connectivity index (χ0) is 11.8. The second-order valence-corrected chi connectivity index (χ2v) is 6.31. The van der Waals surface area contributed by atoms with Gasteiger partial charge in [0.15, 0.2) is 0 Å². The van der Waals surface area contributed by atoms with Crippen LogP contribution in [0.2, 0.25) is 0 Å². The quantitative estimate of drug-likeness (QED) is 0.773. The minimum atomic E-state index is 0.573. The summed E-state index contributed by atoms with van der Waals surface area (Å²) in [6.45, 7) is 2.44. The van der Waals surface area contributed by atoms with Crippen molar-refractivity contribution in [3.8, 4) is 0 Å². The van der Waals surface area contributed by atoms with Crippen LogP contribution in [0.3, 0.4) is 0 Å². The molecule has 0 N–H and O–H groups in total. The highest BCUT2D eigenvalue weighted by atomic mass is 79.9. The fourth-order valence-corrected chi connectivity index (χ4v) is 3.51. The number of likely N-dealkylation sites (tertiary alicyclic amines) is 1. The topological polar surface area (TPSA) is 6.48 Å². The lowest BCUT2D eigenvalue weighted by Crippen LogP contribution is -2.40. The average Bonchev–Trinajstić information content (AvgIpc) is 2.88. The standard InChI is InChI=1S/C14H19BrN2/c1-16-7-2-3-13(16)10-17-8-6-11-4-5-12(15)9-14(11)17/h4-6,8,13-14H,2-3,7,9-10H2,1H3/t13-,14?/m1/s1. The van der Waals surface area contributed by atoms with Gasteiger partial charge in [0.05, 0.1) is 6.04 Å². The summed E-state index contributed by atoms with van der Waals surface area (Å²) in [7, 11) is 2.25. The molecule has 0 aromatic carbocycles. The second-order valence-electron chi connectivity index (χ2n) is 5.29. The predicted molar refractivity (Wildman–Crippen MR) is 75.0 cm³/mol. The van der Waals surface area contributed by atoms with Gasteiger partial charge in [-0.05, 0) is 42.6 Å². The molecule has 17 heavy (non-hydrogen) atoms. The lowest BCUT2D eigenvalue weighted by Gasteiger charge is -2.32. The number of halogens is 1. The molecule has 3 rings (SSSR count). The van der Waals surface area contributed by atoms with E-state index in [1.807, 2.05) is 0 Å². The van der Waals surface area contributed by atoms with E-state index in [9.17, 15) is 0 Å². The number of nitrogens with zero attached hydrogens (tertiary/aromatic N) is 2. The molecule has 2 atom stereocenters. The molecule has 3 aliphatic rings. The average molecular weight is 295 g/mol. The SMILES string of the molecule is CN1CCC[C@@H]1CN1C=CC2=CC=C(Br)CC21. The summed E-state index contributed by atoms with van der Waals surface area (Å²) < 4.78 is 1.32. The third-order valence-electron chi connectivity index (χ3n) is 4.18. The molecule has 1 aliphatic carbocycles. The van der Waals surface area contributed by atoms with E-state index in [0.717, 1.165) is 12.5 Å². The van der Waals surface area contributed by atoms with Crippen LogP contribution < -0.4 is 0 Å². The summed E-state index contributed by atoms with van der Waals surface area (Å²) in [4.78, 5) is 5.02. The van der Waals surface area contributed by atoms with Crippen molar-refractivity contribution >= 4 is 15.9 Å². The third-order valence-corrected chi connectivity index (χ3v) is 4.77. The highest BCUT2D eigenvalue weighted by Gasteiger charge is 2.30. The van der Waals surface area contributed by atoms with E-state index in [4.69, 9.17) is 0 Å². The van der Waals surface area contributed by atoms with Crippen LogP contribution in [0.1, 0.15) is 19.3 Å². The Balaban J connectivity index is 1.68. The largest absolute Gasteiger partial charge is 0.368 e. The van der Waals surface area contributed by atoms with E-state index < -0.39 is 0 Å². The van der Waals surface area contributed by atoms with Gasteiger partial charge in [0.1, 0.15) is 0 Å². The first-order chi connectivity index (χ1) is 8.24. The number of likely N-dealkylation sites (N-methyl/N-ethyl adjacent to an activating group) is 1. The van der Waals surface area contributed by atoms with E-state index >= 15 is 0 Å². The summed E-state index contributed by atoms with van der Waals surface area (Å²) >= 11 is 3.63. The van der Waals surface area contributed by atoms with Gasteiger partial charge in [0.2, 0.25) is 0 Å². The predicted octanol–water partition coefficient (Wildman–Crippen LogP) is 2.89. The zero-order valence-corrected chi connectivity index (χ0v) is 11.9. The molecule has 3 heteroatoms. The summed E-state index contributed by atoms with van der Waals surface area (Å²) in [5.74, 6) is 0. The molecular weight excluding hydrogens is 276 g/mol. The molecule has 0 bridgehead atoms. The van der Waals surface area contributed by atoms with Crippen molar-refractivity contribution in [1.82, 2.24) is 9.80 Å². The lowest BCUT2D eigenvalue weighted by atomic mass is 10.00. The van der Waals surface area contributed by atoms with E-state index in [2.05, 4.69) is 57.2 Å². The van der Waals surface area contributed by atoms with Gasteiger partial charge in [-0.25, -0.2) is 0 Å². The van der Waals surface area contributed by atoms with Gasteiger partial charge >= 0.3 is 0 Å². The number of rotatable bonds is 2. The van der Waals surface area contributed by atoms with Crippen molar-refractivity contribution in [3.63, 3.8) is 0 Å². The van der Waals surface area contributed by atoms with E-state index in [1.54, 1.807) is 0 Å². The minimum absolute atomic E-state index is 0.573. The first kappa shape index (κ1) is 11.5. The first-order valence-corrected chi connectivity index (χ1v) is 7.24. The summed E-state index contributed by atoms with van der Waals surface area (Å²) in [6, 6.07) is 1.31. The number of hydrogen-bond acceptors (Lipinski definition) is 2. The summed E-state index contributed by atoms with van der Waals surface area (Å²) in [5, 5.41) is 0. The molecule has 2 heterocycles. The molecule has 2 nitrogen and oxygen atoms in total. The molecule has 1 fully saturated rings. The van der Waals surface area contributed by atoms with E-state index in [-0.39, 0.29) is 0 Å². The van der Waals surface area contributed by atoms with Gasteiger partial charge in [-0.1, -0.05) is 28.1 Å². The minimum Gasteiger partial charge on any atom is -0.368 e. The van der Waals surface area contributed by atoms with Crippen LogP contribution in [0.4, 0.5) is 0 Å². The Bertz CT molecular complexity index is 397. The Morgan fingerprint density at radius 3 is 3.06 bits per heavy atom. The summed E-state index contributed by atoms with van der Waals surface area (Å²) in [5.41, 5.74) is 1.47. The monoisotopic (exact) mass is 294 g/mol. The maximum atomic E-state index is 3.63. The van der Waals surface area contributed by atoms with Crippen LogP contribution in [0, 0.1) is 0 Å². The number of allylic oxidation sites excluding steroid dienone is 2. The molecule has 1 saturated heterocycles. The van der Waals surface area contributed by atoms with E-state index in [1.165, 1.54) is 36.0 Å². The highest BCUT2D eigenvalue weighted by molar-refractivity contribution is 9.11. The Kier molecular flexibility index (Phi) is 3.14. The van der Waals surface area contributed by atoms with Gasteiger partial charge in [-0.15, -0.1) is 0 Å². The Morgan fingerprint density at radius 1 is 1.41 bits per heavy atom. The van der Waals surface area contributed by atoms with Crippen LogP contribution in [0.5, 0.6) is 0 Å². The van der Waals surface area contributed by atoms with Crippen molar-refractivity contribution in [1.29, 1.82) is 0 Å². The number of hydrogen-bond donors (Lipinski definition) is 0. The van der Waals surface area contributed by atoms with Crippen LogP contribution in [-0.4, -0.2) is 42.0 Å². The Morgan fingerprint density at radius 2 is 2.29 bits per heavy atom. The van der Waals surface area contributed by atoms with Crippen molar-refractivity contribution in [2.24, 2.45) is 0 Å². The molecule has 0 spiro atoms. The van der Waals surface area contributed by atoms with Crippen molar-refractivity contribution < 1.29 is 0 Å². The molecule has 0 saturated carbocycles. The normalized spacial score (nSPS) is 32.7. The molecule has 0 amide bonds. The fourth-order valence-electron chi connectivity index (χ4n) is 3.07. The van der Waals surface area contributed by atoms with Crippen molar-refractivity contribution in [2.45, 2.75) is 31.3 Å². The van der Waals surface area contributed by atoms with Crippen molar-refractivity contribution in [2.75, 3.05) is 20.1 Å². The van der Waals surface area contributed by atoms with Crippen LogP contribution in [0.25, 0.3) is 0 Å². The Labute approximate surface area is 112 Å². The maximum Gasteiger partial charge on any atom is 0.0583 e. The number of fused-ring (bicyclic) bond motifs is 1. The zero-order valence-electron chi connectivity index (χ0n) is 10.3. The van der Waals surface area contributed by atoms with Crippen LogP contribution in [0.15, 0.2) is 34.5 Å². The van der Waals surface area contributed by atoms with Gasteiger partial charge in [0.25, 0.3) is 0 Å². The van der Waals surface area contributed by atoms with Crippen molar-refractivity contribution in [3.05, 3.63) is 34.5 Å². The molecule has 0 aromatic rings. The smallest absolute Gasteiger partial charge is 0.0583 e. The molecule has 0 aromatic heterocycles. The molecule has 92 valence electrons. The summed E-state index contributed by atoms with van der Waals surface area (Å²) in [6.07, 6.45) is 12.8. The van der Waals surface area contributed by atoms with Crippen LogP contribution in [-0.2, 0) is 0 Å². The Hall–Kier alpha value is -0.540. The van der Waals surface area contributed by atoms with Gasteiger partial charge < -0.3 is 9.80 Å². The maximum absolute atomic E-state index is 3.63. The van der Waals surface area contributed by atoms with Gasteiger partial charge in [-0.3, -0.25) is 0 Å². The molecular formula is C14H19BrN2. The van der Waals surface area contributed by atoms with Gasteiger partial charge in [-0.2, -0.15) is 0 Å². The van der Waals surface area contributed by atoms with E-state index in [0.29, 0.717) is 6.04 Å². The molecule has 0 radical (unpaired) electrons. The molecule has 1 unspecified atom stereocenters. The lowest BCUT2D eigenvalue weighted by molar-refractivity contribution is 0.219. The first-order valence-electron chi connectivity index (χ1n) is 6.44.